The first-order valence-corrected chi connectivity index (χ1v) is 7.31. The first-order chi connectivity index (χ1) is 8.92. The van der Waals surface area contributed by atoms with Gasteiger partial charge in [-0.3, -0.25) is 0 Å². The van der Waals surface area contributed by atoms with E-state index in [0.29, 0.717) is 5.69 Å². The number of hydrogen-bond donors (Lipinski definition) is 2. The van der Waals surface area contributed by atoms with Crippen molar-refractivity contribution in [2.45, 2.75) is 11.0 Å². The molecule has 2 N–H and O–H groups in total. The molecule has 0 spiro atoms. The van der Waals surface area contributed by atoms with Crippen molar-refractivity contribution in [1.29, 1.82) is 0 Å². The number of hydrogen-bond acceptors (Lipinski definition) is 5. The molecule has 0 heterocycles. The normalized spacial score (nSPS) is 13.3. The van der Waals surface area contributed by atoms with Gasteiger partial charge in [-0.15, -0.1) is 0 Å². The molecule has 0 aliphatic carbocycles. The molecule has 6 nitrogen and oxygen atoms in total. The minimum atomic E-state index is -3.53. The fourth-order valence-electron chi connectivity index (χ4n) is 1.77. The summed E-state index contributed by atoms with van der Waals surface area (Å²) in [6, 6.07) is 6.64. The van der Waals surface area contributed by atoms with E-state index < -0.39 is 16.1 Å². The van der Waals surface area contributed by atoms with Gasteiger partial charge in [0.15, 0.2) is 0 Å². The van der Waals surface area contributed by atoms with Crippen molar-refractivity contribution < 1.29 is 18.3 Å². The second kappa shape index (κ2) is 6.85. The Hall–Kier alpha value is -1.15. The SMILES string of the molecule is CNS(=O)(=O)c1ccccc1N(C)CC(O)COC. The predicted molar refractivity (Wildman–Crippen MR) is 73.8 cm³/mol. The van der Waals surface area contributed by atoms with Crippen molar-refractivity contribution in [3.8, 4) is 0 Å². The lowest BCUT2D eigenvalue weighted by Gasteiger charge is -2.24. The second-order valence-electron chi connectivity index (χ2n) is 4.16. The maximum absolute atomic E-state index is 11.9. The van der Waals surface area contributed by atoms with Gasteiger partial charge < -0.3 is 14.7 Å². The van der Waals surface area contributed by atoms with Gasteiger partial charge in [0.25, 0.3) is 0 Å². The molecule has 108 valence electrons. The number of likely N-dealkylation sites (N-methyl/N-ethyl adjacent to an activating group) is 1. The molecular formula is C12H20N2O4S. The third kappa shape index (κ3) is 4.17. The van der Waals surface area contributed by atoms with Gasteiger partial charge in [0, 0.05) is 20.7 Å². The van der Waals surface area contributed by atoms with E-state index in [1.165, 1.54) is 20.2 Å². The van der Waals surface area contributed by atoms with Crippen LogP contribution >= 0.6 is 0 Å². The lowest BCUT2D eigenvalue weighted by Crippen LogP contribution is -2.33. The summed E-state index contributed by atoms with van der Waals surface area (Å²) in [5.41, 5.74) is 0.534. The van der Waals surface area contributed by atoms with Gasteiger partial charge in [0.2, 0.25) is 10.0 Å². The van der Waals surface area contributed by atoms with Gasteiger partial charge >= 0.3 is 0 Å². The van der Waals surface area contributed by atoms with E-state index in [4.69, 9.17) is 4.74 Å². The van der Waals surface area contributed by atoms with Crippen LogP contribution in [0, 0.1) is 0 Å². The van der Waals surface area contributed by atoms with Gasteiger partial charge in [-0.05, 0) is 19.2 Å². The highest BCUT2D eigenvalue weighted by Crippen LogP contribution is 2.23. The predicted octanol–water partition coefficient (Wildman–Crippen LogP) is 0.0382. The van der Waals surface area contributed by atoms with Gasteiger partial charge in [0.05, 0.1) is 18.4 Å². The first-order valence-electron chi connectivity index (χ1n) is 5.83. The molecule has 1 rings (SSSR count). The minimum Gasteiger partial charge on any atom is -0.389 e. The van der Waals surface area contributed by atoms with Crippen LogP contribution in [-0.2, 0) is 14.8 Å². The van der Waals surface area contributed by atoms with Crippen molar-refractivity contribution >= 4 is 15.7 Å². The molecule has 7 heteroatoms. The minimum absolute atomic E-state index is 0.185. The maximum Gasteiger partial charge on any atom is 0.242 e. The average molecular weight is 288 g/mol. The van der Waals surface area contributed by atoms with Crippen LogP contribution in [0.25, 0.3) is 0 Å². The molecule has 1 aromatic carbocycles. The van der Waals surface area contributed by atoms with E-state index in [-0.39, 0.29) is 18.0 Å². The summed E-state index contributed by atoms with van der Waals surface area (Å²) < 4.78 is 31.0. The van der Waals surface area contributed by atoms with Crippen LogP contribution in [0.3, 0.4) is 0 Å². The Morgan fingerprint density at radius 1 is 1.42 bits per heavy atom. The van der Waals surface area contributed by atoms with Crippen LogP contribution < -0.4 is 9.62 Å². The van der Waals surface area contributed by atoms with Gasteiger partial charge in [0.1, 0.15) is 4.90 Å². The van der Waals surface area contributed by atoms with Crippen LogP contribution in [0.2, 0.25) is 0 Å². The van der Waals surface area contributed by atoms with Crippen molar-refractivity contribution in [1.82, 2.24) is 4.72 Å². The van der Waals surface area contributed by atoms with E-state index in [1.807, 2.05) is 0 Å². The zero-order valence-corrected chi connectivity index (χ0v) is 12.1. The summed E-state index contributed by atoms with van der Waals surface area (Å²) in [5, 5.41) is 9.70. The number of aliphatic hydroxyl groups excluding tert-OH is 1. The van der Waals surface area contributed by atoms with Crippen LogP contribution in [0.4, 0.5) is 5.69 Å². The molecule has 0 radical (unpaired) electrons. The van der Waals surface area contributed by atoms with Crippen LogP contribution in [0.1, 0.15) is 0 Å². The lowest BCUT2D eigenvalue weighted by molar-refractivity contribution is 0.0694. The molecule has 0 saturated carbocycles. The Bertz CT molecular complexity index is 504. The molecular weight excluding hydrogens is 268 g/mol. The summed E-state index contributed by atoms with van der Waals surface area (Å²) in [4.78, 5) is 1.87. The number of ether oxygens (including phenoxy) is 1. The fraction of sp³-hybridized carbons (Fsp3) is 0.500. The maximum atomic E-state index is 11.9. The summed E-state index contributed by atoms with van der Waals surface area (Å²) in [6.07, 6.45) is -0.680. The number of benzene rings is 1. The van der Waals surface area contributed by atoms with Crippen LogP contribution in [-0.4, -0.2) is 54.0 Å². The lowest BCUT2D eigenvalue weighted by atomic mass is 10.2. The summed E-state index contributed by atoms with van der Waals surface area (Å²) in [6.45, 7) is 0.482. The molecule has 19 heavy (non-hydrogen) atoms. The van der Waals surface area contributed by atoms with E-state index in [2.05, 4.69) is 4.72 Å². The topological polar surface area (TPSA) is 78.9 Å². The number of rotatable bonds is 7. The molecule has 0 aliphatic heterocycles. The van der Waals surface area contributed by atoms with Crippen molar-refractivity contribution in [2.75, 3.05) is 39.3 Å². The molecule has 0 aromatic heterocycles. The highest BCUT2D eigenvalue weighted by molar-refractivity contribution is 7.89. The third-order valence-corrected chi connectivity index (χ3v) is 4.14. The number of anilines is 1. The smallest absolute Gasteiger partial charge is 0.242 e. The van der Waals surface area contributed by atoms with Gasteiger partial charge in [-0.1, -0.05) is 12.1 Å². The summed E-state index contributed by atoms with van der Waals surface area (Å²) in [5.74, 6) is 0. The summed E-state index contributed by atoms with van der Waals surface area (Å²) in [7, 11) is 1.07. The number of nitrogens with zero attached hydrogens (tertiary/aromatic N) is 1. The van der Waals surface area contributed by atoms with Crippen molar-refractivity contribution in [2.24, 2.45) is 0 Å². The molecule has 0 bridgehead atoms. The zero-order chi connectivity index (χ0) is 14.5. The second-order valence-corrected chi connectivity index (χ2v) is 6.02. The average Bonchev–Trinajstić information content (AvgIpc) is 2.39. The van der Waals surface area contributed by atoms with Crippen LogP contribution in [0.15, 0.2) is 29.2 Å². The van der Waals surface area contributed by atoms with Crippen molar-refractivity contribution in [3.63, 3.8) is 0 Å². The van der Waals surface area contributed by atoms with Crippen LogP contribution in [0.5, 0.6) is 0 Å². The monoisotopic (exact) mass is 288 g/mol. The number of methoxy groups -OCH3 is 1. The van der Waals surface area contributed by atoms with E-state index in [9.17, 15) is 13.5 Å². The molecule has 1 unspecified atom stereocenters. The molecule has 0 amide bonds. The number of para-hydroxylation sites is 1. The Morgan fingerprint density at radius 3 is 2.63 bits per heavy atom. The molecule has 0 fully saturated rings. The number of aliphatic hydroxyl groups is 1. The van der Waals surface area contributed by atoms with Crippen molar-refractivity contribution in [3.05, 3.63) is 24.3 Å². The van der Waals surface area contributed by atoms with Gasteiger partial charge in [-0.25, -0.2) is 13.1 Å². The quantitative estimate of drug-likeness (QED) is 0.740. The van der Waals surface area contributed by atoms with E-state index in [0.717, 1.165) is 0 Å². The zero-order valence-electron chi connectivity index (χ0n) is 11.3. The number of nitrogens with one attached hydrogen (secondary N) is 1. The molecule has 1 atom stereocenters. The molecule has 1 aromatic rings. The Kier molecular flexibility index (Phi) is 5.74. The largest absolute Gasteiger partial charge is 0.389 e. The Balaban J connectivity index is 3.01. The standard InChI is InChI=1S/C12H20N2O4S/c1-13-19(16,17)12-7-5-4-6-11(12)14(2)8-10(15)9-18-3/h4-7,10,13,15H,8-9H2,1-3H3. The molecule has 0 aliphatic rings. The highest BCUT2D eigenvalue weighted by Gasteiger charge is 2.19. The van der Waals surface area contributed by atoms with E-state index >= 15 is 0 Å². The van der Waals surface area contributed by atoms with E-state index in [1.54, 1.807) is 30.1 Å². The molecule has 0 saturated heterocycles. The highest BCUT2D eigenvalue weighted by atomic mass is 32.2. The summed E-state index contributed by atoms with van der Waals surface area (Å²) >= 11 is 0. The fourth-order valence-corrected chi connectivity index (χ4v) is 2.75. The third-order valence-electron chi connectivity index (χ3n) is 2.68. The van der Waals surface area contributed by atoms with Gasteiger partial charge in [-0.2, -0.15) is 0 Å². The Morgan fingerprint density at radius 2 is 2.05 bits per heavy atom. The number of sulfonamides is 1. The Labute approximate surface area is 114 Å². The first kappa shape index (κ1) is 15.9.